The fourth-order valence-corrected chi connectivity index (χ4v) is 3.91. The fourth-order valence-electron chi connectivity index (χ4n) is 3.28. The van der Waals surface area contributed by atoms with Crippen LogP contribution < -0.4 is 5.32 Å². The number of amides is 3. The summed E-state index contributed by atoms with van der Waals surface area (Å²) in [6.07, 6.45) is 2.11. The van der Waals surface area contributed by atoms with Crippen LogP contribution in [0.5, 0.6) is 0 Å². The van der Waals surface area contributed by atoms with Crippen LogP contribution in [0.3, 0.4) is 0 Å². The van der Waals surface area contributed by atoms with Gasteiger partial charge in [0.15, 0.2) is 9.84 Å². The molecule has 1 aliphatic rings. The first kappa shape index (κ1) is 22.7. The molecule has 0 saturated carbocycles. The van der Waals surface area contributed by atoms with E-state index in [1.807, 2.05) is 6.92 Å². The molecule has 0 radical (unpaired) electrons. The molecule has 0 aromatic heterocycles. The maximum absolute atomic E-state index is 12.6. The molecule has 8 nitrogen and oxygen atoms in total. The summed E-state index contributed by atoms with van der Waals surface area (Å²) >= 11 is 0. The topological polar surface area (TPSA) is 96.0 Å². The first-order chi connectivity index (χ1) is 13.6. The Hall–Kier alpha value is -2.55. The number of carbonyl (C=O) groups is 2. The van der Waals surface area contributed by atoms with E-state index in [2.05, 4.69) is 11.9 Å². The highest BCUT2D eigenvalue weighted by Crippen LogP contribution is 2.18. The molecule has 1 aromatic carbocycles. The summed E-state index contributed by atoms with van der Waals surface area (Å²) < 4.78 is 28.1. The van der Waals surface area contributed by atoms with Crippen molar-refractivity contribution in [2.75, 3.05) is 25.9 Å². The molecule has 3 amide bonds. The van der Waals surface area contributed by atoms with E-state index in [9.17, 15) is 18.0 Å². The summed E-state index contributed by atoms with van der Waals surface area (Å²) in [4.78, 5) is 28.2. The lowest BCUT2D eigenvalue weighted by Gasteiger charge is -2.37. The zero-order chi connectivity index (χ0) is 21.6. The predicted molar refractivity (Wildman–Crippen MR) is 110 cm³/mol. The molecule has 1 aliphatic heterocycles. The van der Waals surface area contributed by atoms with Crippen LogP contribution in [0.15, 0.2) is 41.5 Å². The smallest absolute Gasteiger partial charge is 0.414 e. The number of piperidine rings is 1. The van der Waals surface area contributed by atoms with Gasteiger partial charge in [-0.05, 0) is 44.4 Å². The van der Waals surface area contributed by atoms with Gasteiger partial charge in [0.25, 0.3) is 0 Å². The number of hydrogen-bond donors (Lipinski definition) is 1. The maximum atomic E-state index is 12.6. The zero-order valence-electron chi connectivity index (χ0n) is 17.2. The van der Waals surface area contributed by atoms with E-state index in [1.54, 1.807) is 28.9 Å². The van der Waals surface area contributed by atoms with Crippen molar-refractivity contribution in [2.24, 2.45) is 0 Å². The van der Waals surface area contributed by atoms with E-state index in [0.717, 1.165) is 11.8 Å². The minimum absolute atomic E-state index is 0.0430. The van der Waals surface area contributed by atoms with Gasteiger partial charge < -0.3 is 19.9 Å². The summed E-state index contributed by atoms with van der Waals surface area (Å²) in [5.41, 5.74) is 0.819. The van der Waals surface area contributed by atoms with E-state index < -0.39 is 15.9 Å². The molecule has 1 aromatic rings. The van der Waals surface area contributed by atoms with Crippen molar-refractivity contribution in [3.8, 4) is 0 Å². The number of ether oxygens (including phenoxy) is 1. The highest BCUT2D eigenvalue weighted by Gasteiger charge is 2.29. The van der Waals surface area contributed by atoms with Crippen LogP contribution in [0.4, 0.5) is 9.59 Å². The number of nitrogens with zero attached hydrogens (tertiary/aromatic N) is 2. The largest absolute Gasteiger partial charge is 0.416 e. The molecule has 0 atom stereocenters. The quantitative estimate of drug-likeness (QED) is 0.710. The Labute approximate surface area is 172 Å². The molecule has 2 rings (SSSR count). The van der Waals surface area contributed by atoms with E-state index in [4.69, 9.17) is 4.74 Å². The Morgan fingerprint density at radius 2 is 1.83 bits per heavy atom. The van der Waals surface area contributed by atoms with Gasteiger partial charge in [-0.15, -0.1) is 0 Å². The summed E-state index contributed by atoms with van der Waals surface area (Å²) in [6, 6.07) is 6.32. The first-order valence-corrected chi connectivity index (χ1v) is 11.5. The minimum Gasteiger partial charge on any atom is -0.416 e. The minimum atomic E-state index is -3.24. The number of likely N-dealkylation sites (tertiary alicyclic amines) is 1. The molecule has 0 spiro atoms. The van der Waals surface area contributed by atoms with E-state index >= 15 is 0 Å². The fraction of sp³-hybridized carbons (Fsp3) is 0.500. The van der Waals surface area contributed by atoms with Crippen molar-refractivity contribution in [1.82, 2.24) is 15.1 Å². The number of sulfone groups is 1. The molecule has 0 unspecified atom stereocenters. The van der Waals surface area contributed by atoms with Gasteiger partial charge >= 0.3 is 12.1 Å². The Kier molecular flexibility index (Phi) is 7.66. The average molecular weight is 424 g/mol. The standard InChI is InChI=1S/C20H29N3O5S/c1-5-23(17-10-12-22(13-11-17)20(25)28-15(2)3)19(24)21-14-16-6-8-18(9-7-16)29(4,26)27/h6-9,17H,2,5,10-14H2,1,3-4H3,(H,21,24). The number of carbonyl (C=O) groups excluding carboxylic acids is 2. The number of allylic oxidation sites excluding steroid dienone is 1. The highest BCUT2D eigenvalue weighted by atomic mass is 32.2. The van der Waals surface area contributed by atoms with Crippen LogP contribution >= 0.6 is 0 Å². The number of urea groups is 1. The van der Waals surface area contributed by atoms with Gasteiger partial charge in [-0.25, -0.2) is 18.0 Å². The number of benzene rings is 1. The van der Waals surface area contributed by atoms with Crippen molar-refractivity contribution in [1.29, 1.82) is 0 Å². The summed E-state index contributed by atoms with van der Waals surface area (Å²) in [6.45, 7) is 9.02. The van der Waals surface area contributed by atoms with Crippen molar-refractivity contribution in [3.05, 3.63) is 42.2 Å². The molecular weight excluding hydrogens is 394 g/mol. The zero-order valence-corrected chi connectivity index (χ0v) is 18.0. The van der Waals surface area contributed by atoms with Gasteiger partial charge in [0, 0.05) is 38.5 Å². The molecule has 1 fully saturated rings. The molecule has 0 bridgehead atoms. The second kappa shape index (κ2) is 9.78. The molecule has 9 heteroatoms. The highest BCUT2D eigenvalue weighted by molar-refractivity contribution is 7.90. The van der Waals surface area contributed by atoms with Crippen LogP contribution in [-0.2, 0) is 21.1 Å². The molecule has 29 heavy (non-hydrogen) atoms. The maximum Gasteiger partial charge on any atom is 0.414 e. The lowest BCUT2D eigenvalue weighted by Crippen LogP contribution is -2.51. The normalized spacial score (nSPS) is 14.9. The van der Waals surface area contributed by atoms with Gasteiger partial charge in [-0.1, -0.05) is 18.7 Å². The molecule has 1 heterocycles. The number of nitrogens with one attached hydrogen (secondary N) is 1. The van der Waals surface area contributed by atoms with Gasteiger partial charge in [0.2, 0.25) is 0 Å². The van der Waals surface area contributed by atoms with Crippen LogP contribution in [0, 0.1) is 0 Å². The van der Waals surface area contributed by atoms with Gasteiger partial charge in [0.1, 0.15) is 0 Å². The third-order valence-corrected chi connectivity index (χ3v) is 5.95. The van der Waals surface area contributed by atoms with Crippen molar-refractivity contribution in [3.63, 3.8) is 0 Å². The molecule has 160 valence electrons. The lowest BCUT2D eigenvalue weighted by molar-refractivity contribution is 0.0965. The van der Waals surface area contributed by atoms with Crippen molar-refractivity contribution >= 4 is 22.0 Å². The van der Waals surface area contributed by atoms with Crippen LogP contribution in [0.1, 0.15) is 32.3 Å². The molecular formula is C20H29N3O5S. The molecule has 0 aliphatic carbocycles. The van der Waals surface area contributed by atoms with Gasteiger partial charge in [-0.2, -0.15) is 0 Å². The lowest BCUT2D eigenvalue weighted by atomic mass is 10.0. The van der Waals surface area contributed by atoms with E-state index in [-0.39, 0.29) is 17.0 Å². The summed E-state index contributed by atoms with van der Waals surface area (Å²) in [5.74, 6) is 0.358. The number of rotatable bonds is 6. The summed E-state index contributed by atoms with van der Waals surface area (Å²) in [5, 5.41) is 2.89. The van der Waals surface area contributed by atoms with E-state index in [1.165, 1.54) is 12.1 Å². The SMILES string of the molecule is C=C(C)OC(=O)N1CCC(N(CC)C(=O)NCc2ccc(S(C)(=O)=O)cc2)CC1. The van der Waals surface area contributed by atoms with Crippen LogP contribution in [-0.4, -0.2) is 62.3 Å². The number of hydrogen-bond acceptors (Lipinski definition) is 5. The third kappa shape index (κ3) is 6.49. The third-order valence-electron chi connectivity index (χ3n) is 4.82. The van der Waals surface area contributed by atoms with Gasteiger partial charge in [0.05, 0.1) is 10.7 Å². The van der Waals surface area contributed by atoms with E-state index in [0.29, 0.717) is 44.8 Å². The van der Waals surface area contributed by atoms with Crippen molar-refractivity contribution < 1.29 is 22.7 Å². The Balaban J connectivity index is 1.88. The molecule has 1 saturated heterocycles. The average Bonchev–Trinajstić information content (AvgIpc) is 2.66. The monoisotopic (exact) mass is 423 g/mol. The summed E-state index contributed by atoms with van der Waals surface area (Å²) in [7, 11) is -3.24. The molecule has 1 N–H and O–H groups in total. The Morgan fingerprint density at radius 3 is 2.31 bits per heavy atom. The predicted octanol–water partition coefficient (Wildman–Crippen LogP) is 2.76. The second-order valence-electron chi connectivity index (χ2n) is 7.15. The Bertz CT molecular complexity index is 843. The Morgan fingerprint density at radius 1 is 1.24 bits per heavy atom. The first-order valence-electron chi connectivity index (χ1n) is 9.57. The van der Waals surface area contributed by atoms with Crippen LogP contribution in [0.25, 0.3) is 0 Å². The second-order valence-corrected chi connectivity index (χ2v) is 9.16. The van der Waals surface area contributed by atoms with Gasteiger partial charge in [-0.3, -0.25) is 0 Å². The van der Waals surface area contributed by atoms with Crippen molar-refractivity contribution in [2.45, 2.75) is 44.2 Å². The van der Waals surface area contributed by atoms with Crippen LogP contribution in [0.2, 0.25) is 0 Å².